The summed E-state index contributed by atoms with van der Waals surface area (Å²) in [5.41, 5.74) is 4.97. The Morgan fingerprint density at radius 1 is 0.595 bits per heavy atom. The largest absolute Gasteiger partial charge is 0.456 e. The molecule has 2 aliphatic rings. The highest BCUT2D eigenvalue weighted by Gasteiger charge is 2.14. The average molecular weight is 503 g/mol. The van der Waals surface area contributed by atoms with E-state index in [0.29, 0.717) is 0 Å². The first kappa shape index (κ1) is 26.8. The summed E-state index contributed by atoms with van der Waals surface area (Å²) >= 11 is 0. The molecule has 2 aromatic carbocycles. The predicted octanol–water partition coefficient (Wildman–Crippen LogP) is 8.48. The first-order chi connectivity index (χ1) is 18.1. The maximum absolute atomic E-state index is 6.21. The molecule has 0 N–H and O–H groups in total. The zero-order valence-corrected chi connectivity index (χ0v) is 23.6. The average Bonchev–Trinajstić information content (AvgIpc) is 3.31. The highest BCUT2D eigenvalue weighted by atomic mass is 16.3. The van der Waals surface area contributed by atoms with Gasteiger partial charge in [0.15, 0.2) is 0 Å². The topological polar surface area (TPSA) is 19.6 Å². The van der Waals surface area contributed by atoms with E-state index in [1.54, 1.807) is 0 Å². The van der Waals surface area contributed by atoms with E-state index in [-0.39, 0.29) is 0 Å². The van der Waals surface area contributed by atoms with Crippen LogP contribution in [-0.2, 0) is 12.8 Å². The summed E-state index contributed by atoms with van der Waals surface area (Å²) in [6.07, 6.45) is 16.0. The number of aryl methyl sites for hydroxylation is 2. The van der Waals surface area contributed by atoms with Gasteiger partial charge in [-0.15, -0.1) is 0 Å². The Morgan fingerprint density at radius 2 is 1.03 bits per heavy atom. The minimum atomic E-state index is 0.780. The molecule has 2 atom stereocenters. The molecule has 3 heteroatoms. The van der Waals surface area contributed by atoms with Crippen LogP contribution in [-0.4, -0.2) is 49.1 Å². The zero-order chi connectivity index (χ0) is 25.5. The minimum Gasteiger partial charge on any atom is -0.456 e. The maximum Gasteiger partial charge on any atom is 0.135 e. The molecule has 37 heavy (non-hydrogen) atoms. The number of furan rings is 1. The fourth-order valence-electron chi connectivity index (χ4n) is 6.47. The van der Waals surface area contributed by atoms with Crippen LogP contribution in [0.25, 0.3) is 21.9 Å². The molecule has 5 rings (SSSR count). The quantitative estimate of drug-likeness (QED) is 0.248. The van der Waals surface area contributed by atoms with Crippen LogP contribution in [0.3, 0.4) is 0 Å². The Kier molecular flexibility index (Phi) is 9.61. The number of hydrogen-bond donors (Lipinski definition) is 0. The monoisotopic (exact) mass is 502 g/mol. The van der Waals surface area contributed by atoms with Crippen LogP contribution in [0, 0.1) is 11.8 Å². The van der Waals surface area contributed by atoms with Crippen molar-refractivity contribution < 1.29 is 4.42 Å². The van der Waals surface area contributed by atoms with Crippen molar-refractivity contribution in [3.8, 4) is 0 Å². The molecule has 0 aliphatic carbocycles. The lowest BCUT2D eigenvalue weighted by atomic mass is 9.95. The molecule has 0 amide bonds. The Morgan fingerprint density at radius 3 is 1.46 bits per heavy atom. The summed E-state index contributed by atoms with van der Waals surface area (Å²) < 4.78 is 6.21. The van der Waals surface area contributed by atoms with Gasteiger partial charge in [-0.25, -0.2) is 0 Å². The maximum atomic E-state index is 6.21. The highest BCUT2D eigenvalue weighted by Crippen LogP contribution is 2.31. The Hall–Kier alpha value is -1.84. The van der Waals surface area contributed by atoms with Gasteiger partial charge in [0.05, 0.1) is 0 Å². The molecule has 2 unspecified atom stereocenters. The molecule has 3 aromatic rings. The van der Waals surface area contributed by atoms with Gasteiger partial charge in [-0.3, -0.25) is 0 Å². The third kappa shape index (κ3) is 7.60. The van der Waals surface area contributed by atoms with Gasteiger partial charge in [-0.1, -0.05) is 38.8 Å². The second-order valence-corrected chi connectivity index (χ2v) is 12.4. The van der Waals surface area contributed by atoms with Crippen molar-refractivity contribution in [2.24, 2.45) is 11.8 Å². The molecule has 0 spiro atoms. The summed E-state index contributed by atoms with van der Waals surface area (Å²) in [6.45, 7) is 12.7. The van der Waals surface area contributed by atoms with Gasteiger partial charge >= 0.3 is 0 Å². The lowest BCUT2D eigenvalue weighted by molar-refractivity contribution is 0.213. The molecule has 1 aromatic heterocycles. The van der Waals surface area contributed by atoms with Crippen molar-refractivity contribution in [1.82, 2.24) is 9.80 Å². The van der Waals surface area contributed by atoms with Gasteiger partial charge < -0.3 is 14.2 Å². The minimum absolute atomic E-state index is 0.780. The van der Waals surface area contributed by atoms with Gasteiger partial charge in [0.25, 0.3) is 0 Å². The molecule has 2 aliphatic heterocycles. The number of piperidine rings is 2. The molecule has 2 fully saturated rings. The Labute approximate surface area is 225 Å². The van der Waals surface area contributed by atoms with Crippen molar-refractivity contribution in [3.63, 3.8) is 0 Å². The van der Waals surface area contributed by atoms with E-state index in [1.165, 1.54) is 125 Å². The molecule has 0 saturated carbocycles. The normalized spacial score (nSPS) is 19.5. The molecule has 202 valence electrons. The van der Waals surface area contributed by atoms with Gasteiger partial charge in [-0.05, 0) is 151 Å². The van der Waals surface area contributed by atoms with Gasteiger partial charge in [0.2, 0.25) is 0 Å². The highest BCUT2D eigenvalue weighted by molar-refractivity contribution is 6.05. The van der Waals surface area contributed by atoms with Crippen LogP contribution < -0.4 is 0 Å². The van der Waals surface area contributed by atoms with E-state index in [0.717, 1.165) is 35.8 Å². The Bertz CT molecular complexity index is 1020. The van der Waals surface area contributed by atoms with E-state index in [4.69, 9.17) is 4.42 Å². The number of nitrogens with zero attached hydrogens (tertiary/aromatic N) is 2. The Balaban J connectivity index is 1.14. The van der Waals surface area contributed by atoms with Crippen LogP contribution in [0.2, 0.25) is 0 Å². The summed E-state index contributed by atoms with van der Waals surface area (Å²) in [7, 11) is 0. The van der Waals surface area contributed by atoms with Crippen molar-refractivity contribution >= 4 is 21.9 Å². The van der Waals surface area contributed by atoms with Crippen molar-refractivity contribution in [3.05, 3.63) is 47.5 Å². The zero-order valence-electron chi connectivity index (χ0n) is 23.6. The van der Waals surface area contributed by atoms with Crippen molar-refractivity contribution in [2.75, 3.05) is 39.3 Å². The lowest BCUT2D eigenvalue weighted by Gasteiger charge is -2.27. The molecule has 2 saturated heterocycles. The van der Waals surface area contributed by atoms with E-state index in [1.807, 2.05) is 0 Å². The molecule has 3 heterocycles. The summed E-state index contributed by atoms with van der Waals surface area (Å²) in [5.74, 6) is 1.56. The van der Waals surface area contributed by atoms with Crippen LogP contribution in [0.4, 0.5) is 0 Å². The second kappa shape index (κ2) is 13.3. The van der Waals surface area contributed by atoms with Crippen LogP contribution in [0.5, 0.6) is 0 Å². The predicted molar refractivity (Wildman–Crippen MR) is 159 cm³/mol. The van der Waals surface area contributed by atoms with Gasteiger partial charge in [0, 0.05) is 10.8 Å². The van der Waals surface area contributed by atoms with Crippen LogP contribution >= 0.6 is 0 Å². The van der Waals surface area contributed by atoms with Gasteiger partial charge in [-0.2, -0.15) is 0 Å². The number of likely N-dealkylation sites (tertiary alicyclic amines) is 2. The van der Waals surface area contributed by atoms with E-state index in [9.17, 15) is 0 Å². The number of fused-ring (bicyclic) bond motifs is 3. The number of rotatable bonds is 12. The number of hydrogen-bond acceptors (Lipinski definition) is 3. The first-order valence-electron chi connectivity index (χ1n) is 15.5. The fraction of sp³-hybridized carbons (Fsp3) is 0.647. The van der Waals surface area contributed by atoms with E-state index >= 15 is 0 Å². The van der Waals surface area contributed by atoms with Crippen LogP contribution in [0.1, 0.15) is 89.2 Å². The van der Waals surface area contributed by atoms with Crippen molar-refractivity contribution in [2.45, 2.75) is 90.9 Å². The summed E-state index contributed by atoms with van der Waals surface area (Å²) in [5, 5.41) is 2.60. The molecule has 3 nitrogen and oxygen atoms in total. The summed E-state index contributed by atoms with van der Waals surface area (Å²) in [6, 6.07) is 13.8. The molecular formula is C34H50N2O. The molecular weight excluding hydrogens is 452 g/mol. The van der Waals surface area contributed by atoms with Gasteiger partial charge in [0.1, 0.15) is 11.2 Å². The second-order valence-electron chi connectivity index (χ2n) is 12.4. The smallest absolute Gasteiger partial charge is 0.135 e. The standard InChI is InChI=1S/C34H50N2O/c1-27(17-23-35-19-5-3-6-20-35)9-11-29-13-15-33-31(25-29)32-26-30(14-16-34(32)37-33)12-10-28(2)18-24-36-21-7-4-8-22-36/h13-16,25-28H,3-12,17-24H2,1-2H3. The first-order valence-corrected chi connectivity index (χ1v) is 15.5. The molecule has 0 radical (unpaired) electrons. The molecule has 0 bridgehead atoms. The van der Waals surface area contributed by atoms with Crippen molar-refractivity contribution in [1.29, 1.82) is 0 Å². The fourth-order valence-corrected chi connectivity index (χ4v) is 6.47. The lowest BCUT2D eigenvalue weighted by Crippen LogP contribution is -2.31. The van der Waals surface area contributed by atoms with E-state index < -0.39 is 0 Å². The van der Waals surface area contributed by atoms with E-state index in [2.05, 4.69) is 60.0 Å². The number of benzene rings is 2. The summed E-state index contributed by atoms with van der Waals surface area (Å²) in [4.78, 5) is 5.35. The third-order valence-electron chi connectivity index (χ3n) is 9.22. The SMILES string of the molecule is CC(CCc1ccc2oc3ccc(CCC(C)CCN4CCCCC4)cc3c2c1)CCN1CCCCC1. The van der Waals surface area contributed by atoms with Crippen LogP contribution in [0.15, 0.2) is 40.8 Å². The third-order valence-corrected chi connectivity index (χ3v) is 9.22.